The highest BCUT2D eigenvalue weighted by Crippen LogP contribution is 2.18. The van der Waals surface area contributed by atoms with Gasteiger partial charge in [-0.1, -0.05) is 12.1 Å². The summed E-state index contributed by atoms with van der Waals surface area (Å²) in [6, 6.07) is 5.01. The minimum Gasteiger partial charge on any atom is -0.478 e. The lowest BCUT2D eigenvalue weighted by Crippen LogP contribution is -2.10. The third-order valence-corrected chi connectivity index (χ3v) is 2.57. The van der Waals surface area contributed by atoms with Crippen molar-refractivity contribution >= 4 is 27.8 Å². The minimum absolute atomic E-state index is 0.444. The fraction of sp³-hybridized carbons (Fsp3) is 0.182. The molecule has 1 aromatic rings. The molecular formula is C11H13NO4S. The Kier molecular flexibility index (Phi) is 3.90. The van der Waals surface area contributed by atoms with Crippen molar-refractivity contribution in [2.75, 3.05) is 11.0 Å². The van der Waals surface area contributed by atoms with Gasteiger partial charge in [-0.05, 0) is 30.2 Å². The van der Waals surface area contributed by atoms with E-state index >= 15 is 0 Å². The lowest BCUT2D eigenvalue weighted by atomic mass is 10.1. The van der Waals surface area contributed by atoms with Gasteiger partial charge >= 0.3 is 5.97 Å². The quantitative estimate of drug-likeness (QED) is 0.798. The zero-order valence-corrected chi connectivity index (χ0v) is 10.3. The summed E-state index contributed by atoms with van der Waals surface area (Å²) in [7, 11) is -3.34. The molecule has 0 saturated heterocycles. The molecule has 0 saturated carbocycles. The topological polar surface area (TPSA) is 83.5 Å². The van der Waals surface area contributed by atoms with Gasteiger partial charge in [-0.25, -0.2) is 13.2 Å². The number of aryl methyl sites for hydroxylation is 1. The molecular weight excluding hydrogens is 242 g/mol. The first-order valence-electron chi connectivity index (χ1n) is 4.77. The van der Waals surface area contributed by atoms with Gasteiger partial charge in [0.1, 0.15) is 0 Å². The van der Waals surface area contributed by atoms with E-state index < -0.39 is 16.0 Å². The van der Waals surface area contributed by atoms with Crippen LogP contribution in [0.1, 0.15) is 11.1 Å². The van der Waals surface area contributed by atoms with E-state index in [0.717, 1.165) is 17.9 Å². The third-order valence-electron chi connectivity index (χ3n) is 1.98. The number of nitrogens with one attached hydrogen (secondary N) is 1. The second-order valence-corrected chi connectivity index (χ2v) is 5.37. The van der Waals surface area contributed by atoms with Gasteiger partial charge in [0.25, 0.3) is 0 Å². The Morgan fingerprint density at radius 2 is 2.06 bits per heavy atom. The summed E-state index contributed by atoms with van der Waals surface area (Å²) in [4.78, 5) is 10.4. The van der Waals surface area contributed by atoms with Gasteiger partial charge in [0.05, 0.1) is 11.9 Å². The Balaban J connectivity index is 3.06. The maximum atomic E-state index is 11.1. The Morgan fingerprint density at radius 3 is 2.59 bits per heavy atom. The molecule has 0 atom stereocenters. The van der Waals surface area contributed by atoms with Crippen molar-refractivity contribution in [2.24, 2.45) is 0 Å². The summed E-state index contributed by atoms with van der Waals surface area (Å²) >= 11 is 0. The highest BCUT2D eigenvalue weighted by Gasteiger charge is 2.05. The number of aliphatic carboxylic acids is 1. The molecule has 0 unspecified atom stereocenters. The Bertz CT molecular complexity index is 561. The smallest absolute Gasteiger partial charge is 0.328 e. The predicted octanol–water partition coefficient (Wildman–Crippen LogP) is 1.46. The molecule has 0 bridgehead atoms. The van der Waals surface area contributed by atoms with E-state index in [1.54, 1.807) is 25.1 Å². The van der Waals surface area contributed by atoms with Crippen molar-refractivity contribution < 1.29 is 18.3 Å². The normalized spacial score (nSPS) is 11.6. The maximum absolute atomic E-state index is 11.1. The van der Waals surface area contributed by atoms with Gasteiger partial charge in [0.15, 0.2) is 0 Å². The second-order valence-electron chi connectivity index (χ2n) is 3.62. The van der Waals surface area contributed by atoms with Crippen LogP contribution in [0.25, 0.3) is 6.08 Å². The molecule has 0 radical (unpaired) electrons. The zero-order chi connectivity index (χ0) is 13.1. The maximum Gasteiger partial charge on any atom is 0.328 e. The number of anilines is 1. The largest absolute Gasteiger partial charge is 0.478 e. The van der Waals surface area contributed by atoms with Crippen LogP contribution in [0.15, 0.2) is 24.3 Å². The Labute approximate surface area is 99.8 Å². The number of benzene rings is 1. The minimum atomic E-state index is -3.34. The standard InChI is InChI=1S/C11H13NO4S/c1-8-3-4-9(5-6-11(13)14)7-10(8)12-17(2,15)16/h3-7,12H,1-2H3,(H,13,14). The van der Waals surface area contributed by atoms with Gasteiger partial charge in [0.2, 0.25) is 10.0 Å². The van der Waals surface area contributed by atoms with E-state index in [2.05, 4.69) is 4.72 Å². The van der Waals surface area contributed by atoms with E-state index in [1.807, 2.05) is 0 Å². The number of rotatable bonds is 4. The van der Waals surface area contributed by atoms with Crippen LogP contribution in [0.3, 0.4) is 0 Å². The first-order valence-corrected chi connectivity index (χ1v) is 6.66. The van der Waals surface area contributed by atoms with Crippen LogP contribution in [0, 0.1) is 6.92 Å². The molecule has 5 nitrogen and oxygen atoms in total. The molecule has 0 heterocycles. The molecule has 1 aromatic carbocycles. The van der Waals surface area contributed by atoms with Gasteiger partial charge in [-0.3, -0.25) is 4.72 Å². The molecule has 6 heteroatoms. The molecule has 0 aliphatic carbocycles. The van der Waals surface area contributed by atoms with Crippen molar-refractivity contribution in [1.29, 1.82) is 0 Å². The molecule has 0 aliphatic rings. The molecule has 0 amide bonds. The van der Waals surface area contributed by atoms with Crippen molar-refractivity contribution in [3.05, 3.63) is 35.4 Å². The fourth-order valence-electron chi connectivity index (χ4n) is 1.22. The lowest BCUT2D eigenvalue weighted by Gasteiger charge is -2.08. The van der Waals surface area contributed by atoms with Crippen LogP contribution in [-0.4, -0.2) is 25.7 Å². The van der Waals surface area contributed by atoms with E-state index in [4.69, 9.17) is 5.11 Å². The third kappa shape index (κ3) is 4.69. The van der Waals surface area contributed by atoms with Crippen LogP contribution >= 0.6 is 0 Å². The number of carboxylic acid groups (broad SMARTS) is 1. The van der Waals surface area contributed by atoms with Crippen LogP contribution < -0.4 is 4.72 Å². The monoisotopic (exact) mass is 255 g/mol. The van der Waals surface area contributed by atoms with E-state index in [-0.39, 0.29) is 0 Å². The fourth-order valence-corrected chi connectivity index (χ4v) is 1.84. The Hall–Kier alpha value is -1.82. The van der Waals surface area contributed by atoms with Crippen molar-refractivity contribution in [2.45, 2.75) is 6.92 Å². The van der Waals surface area contributed by atoms with E-state index in [0.29, 0.717) is 11.3 Å². The second kappa shape index (κ2) is 5.01. The number of sulfonamides is 1. The van der Waals surface area contributed by atoms with Crippen LogP contribution in [0.2, 0.25) is 0 Å². The average Bonchev–Trinajstić information content (AvgIpc) is 2.17. The summed E-state index contributed by atoms with van der Waals surface area (Å²) in [5.41, 5.74) is 1.83. The van der Waals surface area contributed by atoms with Crippen molar-refractivity contribution in [3.8, 4) is 0 Å². The van der Waals surface area contributed by atoms with Crippen molar-refractivity contribution in [1.82, 2.24) is 0 Å². The van der Waals surface area contributed by atoms with Crippen LogP contribution in [0.4, 0.5) is 5.69 Å². The molecule has 0 spiro atoms. The highest BCUT2D eigenvalue weighted by molar-refractivity contribution is 7.92. The summed E-state index contributed by atoms with van der Waals surface area (Å²) < 4.78 is 24.6. The van der Waals surface area contributed by atoms with E-state index in [9.17, 15) is 13.2 Å². The van der Waals surface area contributed by atoms with Crippen LogP contribution in [0.5, 0.6) is 0 Å². The molecule has 2 N–H and O–H groups in total. The highest BCUT2D eigenvalue weighted by atomic mass is 32.2. The van der Waals surface area contributed by atoms with Gasteiger partial charge in [-0.2, -0.15) is 0 Å². The molecule has 17 heavy (non-hydrogen) atoms. The summed E-state index contributed by atoms with van der Waals surface area (Å²) in [6.45, 7) is 1.76. The first kappa shape index (κ1) is 13.2. The Morgan fingerprint density at radius 1 is 1.41 bits per heavy atom. The van der Waals surface area contributed by atoms with Gasteiger partial charge in [-0.15, -0.1) is 0 Å². The van der Waals surface area contributed by atoms with Crippen LogP contribution in [-0.2, 0) is 14.8 Å². The molecule has 92 valence electrons. The van der Waals surface area contributed by atoms with E-state index in [1.165, 1.54) is 6.08 Å². The SMILES string of the molecule is Cc1ccc(C=CC(=O)O)cc1NS(C)(=O)=O. The number of carbonyl (C=O) groups is 1. The van der Waals surface area contributed by atoms with Crippen molar-refractivity contribution in [3.63, 3.8) is 0 Å². The molecule has 1 rings (SSSR count). The zero-order valence-electron chi connectivity index (χ0n) is 9.47. The number of hydrogen-bond acceptors (Lipinski definition) is 3. The van der Waals surface area contributed by atoms with Gasteiger partial charge in [0, 0.05) is 6.08 Å². The number of carboxylic acids is 1. The molecule has 0 fully saturated rings. The average molecular weight is 255 g/mol. The lowest BCUT2D eigenvalue weighted by molar-refractivity contribution is -0.131. The predicted molar refractivity (Wildman–Crippen MR) is 66.3 cm³/mol. The summed E-state index contributed by atoms with van der Waals surface area (Å²) in [5, 5.41) is 8.49. The first-order chi connectivity index (χ1) is 7.78. The van der Waals surface area contributed by atoms with Gasteiger partial charge < -0.3 is 5.11 Å². The molecule has 0 aromatic heterocycles. The number of hydrogen-bond donors (Lipinski definition) is 2. The molecule has 0 aliphatic heterocycles. The summed E-state index contributed by atoms with van der Waals surface area (Å²) in [5.74, 6) is -1.05. The summed E-state index contributed by atoms with van der Waals surface area (Å²) in [6.07, 6.45) is 3.45.